The van der Waals surface area contributed by atoms with Crippen LogP contribution in [0.3, 0.4) is 0 Å². The Labute approximate surface area is 161 Å². The Morgan fingerprint density at radius 3 is 2.19 bits per heavy atom. The number of carbonyl (C=O) groups is 1. The number of hydrogen-bond acceptors (Lipinski definition) is 2. The van der Waals surface area contributed by atoms with Crippen molar-refractivity contribution >= 4 is 14.2 Å². The van der Waals surface area contributed by atoms with E-state index >= 15 is 0 Å². The number of nitrogens with zero attached hydrogens (tertiary/aromatic N) is 1. The van der Waals surface area contributed by atoms with Gasteiger partial charge in [-0.05, 0) is 64.1 Å². The maximum Gasteiger partial charge on any atom is 0.410 e. The van der Waals surface area contributed by atoms with Gasteiger partial charge in [-0.25, -0.2) is 9.18 Å². The largest absolute Gasteiger partial charge is 0.444 e. The zero-order chi connectivity index (χ0) is 19.8. The van der Waals surface area contributed by atoms with Crippen LogP contribution in [0.5, 0.6) is 0 Å². The highest BCUT2D eigenvalue weighted by molar-refractivity contribution is 6.87. The summed E-state index contributed by atoms with van der Waals surface area (Å²) in [5.41, 5.74) is 3.01. The summed E-state index contributed by atoms with van der Waals surface area (Å²) in [4.78, 5) is 13.8. The zero-order valence-corrected chi connectivity index (χ0v) is 18.7. The predicted molar refractivity (Wildman–Crippen MR) is 110 cm³/mol. The van der Waals surface area contributed by atoms with Gasteiger partial charge in [-0.15, -0.1) is 11.5 Å². The maximum atomic E-state index is 14.4. The van der Waals surface area contributed by atoms with E-state index in [1.165, 1.54) is 0 Å². The Morgan fingerprint density at radius 2 is 1.73 bits per heavy atom. The summed E-state index contributed by atoms with van der Waals surface area (Å²) in [7, 11) is -1.46. The van der Waals surface area contributed by atoms with E-state index in [-0.39, 0.29) is 6.09 Å². The molecule has 1 saturated heterocycles. The van der Waals surface area contributed by atoms with Gasteiger partial charge in [0.05, 0.1) is 0 Å². The van der Waals surface area contributed by atoms with Gasteiger partial charge in [0.15, 0.2) is 0 Å². The molecule has 0 saturated carbocycles. The van der Waals surface area contributed by atoms with Crippen molar-refractivity contribution in [2.75, 3.05) is 13.1 Å². The Morgan fingerprint density at radius 1 is 1.19 bits per heavy atom. The predicted octanol–water partition coefficient (Wildman–Crippen LogP) is 5.80. The SMILES string of the molecule is CC[Si](C#CCC(F)CC1CCN(C(=O)OC(C)(C)C)CC1)(CC)CC. The van der Waals surface area contributed by atoms with Crippen molar-refractivity contribution in [2.24, 2.45) is 5.92 Å². The van der Waals surface area contributed by atoms with Crippen molar-refractivity contribution in [1.29, 1.82) is 0 Å². The molecule has 0 aromatic heterocycles. The summed E-state index contributed by atoms with van der Waals surface area (Å²) in [5.74, 6) is 3.52. The molecule has 1 rings (SSSR count). The molecule has 150 valence electrons. The van der Waals surface area contributed by atoms with E-state index in [0.29, 0.717) is 31.8 Å². The number of rotatable bonds is 6. The molecule has 0 spiro atoms. The molecule has 1 amide bonds. The van der Waals surface area contributed by atoms with E-state index in [4.69, 9.17) is 4.74 Å². The first-order valence-electron chi connectivity index (χ1n) is 10.3. The highest BCUT2D eigenvalue weighted by atomic mass is 28.3. The average molecular weight is 384 g/mol. The number of amides is 1. The lowest BCUT2D eigenvalue weighted by Crippen LogP contribution is -2.42. The van der Waals surface area contributed by atoms with Gasteiger partial charge < -0.3 is 9.64 Å². The monoisotopic (exact) mass is 383 g/mol. The Hall–Kier alpha value is -1.02. The highest BCUT2D eigenvalue weighted by Crippen LogP contribution is 2.25. The fourth-order valence-corrected chi connectivity index (χ4v) is 5.99. The fraction of sp³-hybridized carbons (Fsp3) is 0.857. The van der Waals surface area contributed by atoms with Crippen LogP contribution in [0.1, 0.15) is 67.2 Å². The summed E-state index contributed by atoms with van der Waals surface area (Å²) < 4.78 is 19.8. The molecule has 5 heteroatoms. The number of carbonyl (C=O) groups excluding carboxylic acids is 1. The maximum absolute atomic E-state index is 14.4. The smallest absolute Gasteiger partial charge is 0.410 e. The van der Waals surface area contributed by atoms with Crippen LogP contribution in [0.4, 0.5) is 9.18 Å². The third-order valence-electron chi connectivity index (χ3n) is 5.56. The van der Waals surface area contributed by atoms with Gasteiger partial charge in [-0.3, -0.25) is 0 Å². The van der Waals surface area contributed by atoms with Crippen LogP contribution in [-0.2, 0) is 4.74 Å². The zero-order valence-electron chi connectivity index (χ0n) is 17.7. The molecular formula is C21H38FNO2Si. The second kappa shape index (κ2) is 10.3. The number of alkyl halides is 1. The first-order chi connectivity index (χ1) is 12.1. The second-order valence-corrected chi connectivity index (χ2v) is 13.5. The van der Waals surface area contributed by atoms with E-state index in [1.807, 2.05) is 20.8 Å². The van der Waals surface area contributed by atoms with Gasteiger partial charge in [-0.1, -0.05) is 20.8 Å². The molecular weight excluding hydrogens is 345 g/mol. The van der Waals surface area contributed by atoms with Crippen LogP contribution in [-0.4, -0.2) is 43.9 Å². The topological polar surface area (TPSA) is 29.5 Å². The molecule has 1 atom stereocenters. The summed E-state index contributed by atoms with van der Waals surface area (Å²) in [6.07, 6.45) is 1.53. The third-order valence-corrected chi connectivity index (χ3v) is 10.3. The average Bonchev–Trinajstić information content (AvgIpc) is 2.58. The van der Waals surface area contributed by atoms with Gasteiger partial charge in [-0.2, -0.15) is 0 Å². The van der Waals surface area contributed by atoms with Crippen LogP contribution in [0, 0.1) is 17.4 Å². The molecule has 1 heterocycles. The first-order valence-corrected chi connectivity index (χ1v) is 12.9. The van der Waals surface area contributed by atoms with Crippen molar-refractivity contribution in [1.82, 2.24) is 4.90 Å². The standard InChI is InChI=1S/C21H38FNO2Si/c1-7-26(8-2,9-3)16-10-11-19(22)17-18-12-14-23(15-13-18)20(24)25-21(4,5)6/h18-19H,7-9,11-15,17H2,1-6H3. The normalized spacial score (nSPS) is 17.4. The minimum atomic E-state index is -1.46. The molecule has 1 aliphatic heterocycles. The molecule has 0 N–H and O–H groups in total. The Kier molecular flexibility index (Phi) is 9.16. The van der Waals surface area contributed by atoms with Gasteiger partial charge in [0.2, 0.25) is 0 Å². The fourth-order valence-electron chi connectivity index (χ4n) is 3.49. The lowest BCUT2D eigenvalue weighted by molar-refractivity contribution is 0.0173. The van der Waals surface area contributed by atoms with Crippen molar-refractivity contribution in [3.63, 3.8) is 0 Å². The van der Waals surface area contributed by atoms with E-state index in [0.717, 1.165) is 31.0 Å². The van der Waals surface area contributed by atoms with Crippen LogP contribution >= 0.6 is 0 Å². The molecule has 3 nitrogen and oxygen atoms in total. The summed E-state index contributed by atoms with van der Waals surface area (Å²) in [6.45, 7) is 13.6. The summed E-state index contributed by atoms with van der Waals surface area (Å²) >= 11 is 0. The number of ether oxygens (including phenoxy) is 1. The van der Waals surface area contributed by atoms with Crippen LogP contribution in [0.25, 0.3) is 0 Å². The quantitative estimate of drug-likeness (QED) is 0.428. The molecule has 0 aliphatic carbocycles. The first kappa shape index (κ1) is 23.0. The van der Waals surface area contributed by atoms with Crippen LogP contribution in [0.2, 0.25) is 18.1 Å². The van der Waals surface area contributed by atoms with E-state index in [9.17, 15) is 9.18 Å². The molecule has 0 bridgehead atoms. The van der Waals surface area contributed by atoms with E-state index < -0.39 is 19.8 Å². The lowest BCUT2D eigenvalue weighted by atomic mass is 9.91. The van der Waals surface area contributed by atoms with Crippen molar-refractivity contribution in [3.05, 3.63) is 0 Å². The molecule has 1 aliphatic rings. The van der Waals surface area contributed by atoms with Gasteiger partial charge in [0.1, 0.15) is 19.8 Å². The number of piperidine rings is 1. The van der Waals surface area contributed by atoms with Crippen molar-refractivity contribution in [3.8, 4) is 11.5 Å². The van der Waals surface area contributed by atoms with Gasteiger partial charge in [0, 0.05) is 19.5 Å². The Bertz CT molecular complexity index is 486. The molecule has 0 aromatic rings. The molecule has 0 radical (unpaired) electrons. The third kappa shape index (κ3) is 7.69. The van der Waals surface area contributed by atoms with Crippen molar-refractivity contribution in [2.45, 2.75) is 97.1 Å². The summed E-state index contributed by atoms with van der Waals surface area (Å²) in [5, 5.41) is 0. The molecule has 1 unspecified atom stereocenters. The van der Waals surface area contributed by atoms with E-state index in [2.05, 4.69) is 32.2 Å². The van der Waals surface area contributed by atoms with Gasteiger partial charge in [0.25, 0.3) is 0 Å². The lowest BCUT2D eigenvalue weighted by Gasteiger charge is -2.33. The minimum Gasteiger partial charge on any atom is -0.444 e. The second-order valence-electron chi connectivity index (χ2n) is 8.59. The van der Waals surface area contributed by atoms with E-state index in [1.54, 1.807) is 4.90 Å². The minimum absolute atomic E-state index is 0.251. The number of likely N-dealkylation sites (tertiary alicyclic amines) is 1. The number of hydrogen-bond donors (Lipinski definition) is 0. The highest BCUT2D eigenvalue weighted by Gasteiger charge is 2.28. The molecule has 0 aromatic carbocycles. The number of halogens is 1. The molecule has 1 fully saturated rings. The summed E-state index contributed by atoms with van der Waals surface area (Å²) in [6, 6.07) is 3.48. The van der Waals surface area contributed by atoms with Crippen LogP contribution < -0.4 is 0 Å². The van der Waals surface area contributed by atoms with Crippen molar-refractivity contribution < 1.29 is 13.9 Å². The van der Waals surface area contributed by atoms with Crippen LogP contribution in [0.15, 0.2) is 0 Å². The van der Waals surface area contributed by atoms with Gasteiger partial charge >= 0.3 is 6.09 Å². The molecule has 26 heavy (non-hydrogen) atoms. The Balaban J connectivity index is 2.40.